The molecule has 2 aromatic rings. The molecule has 1 aliphatic heterocycles. The van der Waals surface area contributed by atoms with E-state index in [-0.39, 0.29) is 24.0 Å². The topological polar surface area (TPSA) is 66.5 Å². The Morgan fingerprint density at radius 2 is 1.92 bits per heavy atom. The number of nitrogens with one attached hydrogen (secondary N) is 1. The number of aryl methyl sites for hydroxylation is 2. The first-order valence-corrected chi connectivity index (χ1v) is 8.46. The van der Waals surface area contributed by atoms with Gasteiger partial charge in [-0.2, -0.15) is 0 Å². The van der Waals surface area contributed by atoms with Crippen molar-refractivity contribution >= 4 is 41.4 Å². The van der Waals surface area contributed by atoms with Gasteiger partial charge in [-0.3, -0.25) is 0 Å². The van der Waals surface area contributed by atoms with Crippen molar-refractivity contribution in [2.24, 2.45) is 10.7 Å². The fraction of sp³-hybridized carbons (Fsp3) is 0.368. The van der Waals surface area contributed by atoms with Gasteiger partial charge in [0.25, 0.3) is 0 Å². The van der Waals surface area contributed by atoms with E-state index in [2.05, 4.69) is 52.2 Å². The minimum absolute atomic E-state index is 0. The summed E-state index contributed by atoms with van der Waals surface area (Å²) in [5, 5.41) is 3.15. The van der Waals surface area contributed by atoms with E-state index in [1.807, 2.05) is 18.3 Å². The second-order valence-electron chi connectivity index (χ2n) is 6.34. The number of hydrogen-bond donors (Lipinski definition) is 2. The highest BCUT2D eigenvalue weighted by Crippen LogP contribution is 2.19. The van der Waals surface area contributed by atoms with Crippen LogP contribution in [-0.2, 0) is 6.54 Å². The zero-order chi connectivity index (χ0) is 16.9. The molecule has 1 saturated heterocycles. The van der Waals surface area contributed by atoms with Crippen molar-refractivity contribution in [1.82, 2.24) is 4.98 Å². The Bertz CT molecular complexity index is 738. The molecule has 25 heavy (non-hydrogen) atoms. The van der Waals surface area contributed by atoms with Crippen LogP contribution in [0, 0.1) is 13.8 Å². The summed E-state index contributed by atoms with van der Waals surface area (Å²) in [4.78, 5) is 11.2. The first kappa shape index (κ1) is 19.5. The molecule has 0 spiro atoms. The first-order chi connectivity index (χ1) is 11.6. The van der Waals surface area contributed by atoms with Crippen molar-refractivity contribution in [2.75, 3.05) is 23.3 Å². The molecule has 1 aromatic heterocycles. The fourth-order valence-electron chi connectivity index (χ4n) is 2.86. The number of guanidine groups is 1. The van der Waals surface area contributed by atoms with Crippen LogP contribution in [0.5, 0.6) is 0 Å². The Kier molecular flexibility index (Phi) is 7.04. The Morgan fingerprint density at radius 3 is 2.64 bits per heavy atom. The predicted molar refractivity (Wildman–Crippen MR) is 116 cm³/mol. The summed E-state index contributed by atoms with van der Waals surface area (Å²) in [6.45, 7) is 6.92. The molecule has 0 saturated carbocycles. The third kappa shape index (κ3) is 5.32. The van der Waals surface area contributed by atoms with Crippen LogP contribution in [-0.4, -0.2) is 24.0 Å². The van der Waals surface area contributed by atoms with Crippen LogP contribution in [0.3, 0.4) is 0 Å². The lowest BCUT2D eigenvalue weighted by molar-refractivity contribution is 0.928. The van der Waals surface area contributed by atoms with Crippen molar-refractivity contribution in [3.05, 3.63) is 53.2 Å². The summed E-state index contributed by atoms with van der Waals surface area (Å²) in [6, 6.07) is 10.3. The van der Waals surface area contributed by atoms with Gasteiger partial charge in [-0.15, -0.1) is 24.0 Å². The maximum atomic E-state index is 6.01. The summed E-state index contributed by atoms with van der Waals surface area (Å²) in [5.74, 6) is 1.47. The van der Waals surface area contributed by atoms with Gasteiger partial charge in [0.05, 0.1) is 6.54 Å². The standard InChI is InChI=1S/C19H25N5.HI/c1-14-5-6-17(11-15(14)2)23-19(20)22-13-16-7-8-21-18(12-16)24-9-3-4-10-24;/h5-8,11-12H,3-4,9-10,13H2,1-2H3,(H3,20,22,23);1H. The third-order valence-electron chi connectivity index (χ3n) is 4.45. The Balaban J connectivity index is 0.00000225. The average Bonchev–Trinajstić information content (AvgIpc) is 3.11. The van der Waals surface area contributed by atoms with Gasteiger partial charge in [-0.05, 0) is 67.6 Å². The number of anilines is 2. The highest BCUT2D eigenvalue weighted by Gasteiger charge is 2.13. The minimum Gasteiger partial charge on any atom is -0.370 e. The Hall–Kier alpha value is -1.83. The second-order valence-corrected chi connectivity index (χ2v) is 6.34. The number of halogens is 1. The highest BCUT2D eigenvalue weighted by atomic mass is 127. The van der Waals surface area contributed by atoms with Gasteiger partial charge < -0.3 is 16.0 Å². The van der Waals surface area contributed by atoms with E-state index in [4.69, 9.17) is 5.73 Å². The number of nitrogens with zero attached hydrogens (tertiary/aromatic N) is 3. The third-order valence-corrected chi connectivity index (χ3v) is 4.45. The Labute approximate surface area is 166 Å². The zero-order valence-electron chi connectivity index (χ0n) is 14.8. The predicted octanol–water partition coefficient (Wildman–Crippen LogP) is 3.84. The number of aromatic nitrogens is 1. The largest absolute Gasteiger partial charge is 0.370 e. The first-order valence-electron chi connectivity index (χ1n) is 8.46. The quantitative estimate of drug-likeness (QED) is 0.421. The highest BCUT2D eigenvalue weighted by molar-refractivity contribution is 14.0. The van der Waals surface area contributed by atoms with Crippen LogP contribution in [0.2, 0.25) is 0 Å². The molecule has 0 radical (unpaired) electrons. The van der Waals surface area contributed by atoms with E-state index >= 15 is 0 Å². The summed E-state index contributed by atoms with van der Waals surface area (Å²) in [5.41, 5.74) is 10.6. The molecule has 1 aliphatic rings. The van der Waals surface area contributed by atoms with Gasteiger partial charge in [0.2, 0.25) is 0 Å². The van der Waals surface area contributed by atoms with E-state index < -0.39 is 0 Å². The number of benzene rings is 1. The smallest absolute Gasteiger partial charge is 0.193 e. The molecule has 0 atom stereocenters. The molecule has 5 nitrogen and oxygen atoms in total. The van der Waals surface area contributed by atoms with E-state index in [0.717, 1.165) is 30.2 Å². The van der Waals surface area contributed by atoms with Crippen molar-refractivity contribution in [1.29, 1.82) is 0 Å². The maximum absolute atomic E-state index is 6.01. The summed E-state index contributed by atoms with van der Waals surface area (Å²) in [7, 11) is 0. The van der Waals surface area contributed by atoms with E-state index in [9.17, 15) is 0 Å². The molecular formula is C19H26IN5. The SMILES string of the molecule is Cc1ccc(NC(N)=NCc2ccnc(N3CCCC3)c2)cc1C.I. The van der Waals surface area contributed by atoms with Crippen molar-refractivity contribution in [3.8, 4) is 0 Å². The molecule has 1 aromatic carbocycles. The van der Waals surface area contributed by atoms with Crippen LogP contribution in [0.4, 0.5) is 11.5 Å². The normalized spacial score (nSPS) is 14.3. The molecular weight excluding hydrogens is 425 g/mol. The summed E-state index contributed by atoms with van der Waals surface area (Å²) < 4.78 is 0. The summed E-state index contributed by atoms with van der Waals surface area (Å²) >= 11 is 0. The van der Waals surface area contributed by atoms with E-state index in [1.165, 1.54) is 24.0 Å². The number of nitrogens with two attached hydrogens (primary N) is 1. The van der Waals surface area contributed by atoms with Crippen LogP contribution >= 0.6 is 24.0 Å². The molecule has 1 fully saturated rings. The number of hydrogen-bond acceptors (Lipinski definition) is 3. The van der Waals surface area contributed by atoms with Crippen LogP contribution in [0.1, 0.15) is 29.5 Å². The molecule has 3 rings (SSSR count). The maximum Gasteiger partial charge on any atom is 0.193 e. The van der Waals surface area contributed by atoms with Crippen molar-refractivity contribution < 1.29 is 0 Å². The lowest BCUT2D eigenvalue weighted by Crippen LogP contribution is -2.22. The summed E-state index contributed by atoms with van der Waals surface area (Å²) in [6.07, 6.45) is 4.35. The molecule has 3 N–H and O–H groups in total. The van der Waals surface area contributed by atoms with Gasteiger partial charge in [0, 0.05) is 25.0 Å². The van der Waals surface area contributed by atoms with Gasteiger partial charge in [-0.1, -0.05) is 6.07 Å². The van der Waals surface area contributed by atoms with Gasteiger partial charge in [-0.25, -0.2) is 9.98 Å². The fourth-order valence-corrected chi connectivity index (χ4v) is 2.86. The van der Waals surface area contributed by atoms with E-state index in [1.54, 1.807) is 0 Å². The zero-order valence-corrected chi connectivity index (χ0v) is 17.2. The Morgan fingerprint density at radius 1 is 1.16 bits per heavy atom. The van der Waals surface area contributed by atoms with Gasteiger partial charge in [0.1, 0.15) is 5.82 Å². The number of aliphatic imine (C=N–C) groups is 1. The van der Waals surface area contributed by atoms with E-state index in [0.29, 0.717) is 12.5 Å². The van der Waals surface area contributed by atoms with Crippen LogP contribution in [0.15, 0.2) is 41.5 Å². The van der Waals surface area contributed by atoms with Crippen molar-refractivity contribution in [3.63, 3.8) is 0 Å². The lowest BCUT2D eigenvalue weighted by atomic mass is 10.1. The van der Waals surface area contributed by atoms with Crippen LogP contribution in [0.25, 0.3) is 0 Å². The molecule has 0 unspecified atom stereocenters. The van der Waals surface area contributed by atoms with Crippen LogP contribution < -0.4 is 16.0 Å². The average molecular weight is 451 g/mol. The number of rotatable bonds is 4. The van der Waals surface area contributed by atoms with Crippen molar-refractivity contribution in [2.45, 2.75) is 33.2 Å². The van der Waals surface area contributed by atoms with Gasteiger partial charge in [0.15, 0.2) is 5.96 Å². The molecule has 2 heterocycles. The molecule has 0 bridgehead atoms. The monoisotopic (exact) mass is 451 g/mol. The molecule has 134 valence electrons. The number of pyridine rings is 1. The van der Waals surface area contributed by atoms with Gasteiger partial charge >= 0.3 is 0 Å². The lowest BCUT2D eigenvalue weighted by Gasteiger charge is -2.16. The molecule has 0 aliphatic carbocycles. The second kappa shape index (κ2) is 9.03. The molecule has 6 heteroatoms. The minimum atomic E-state index is 0. The molecule has 0 amide bonds.